The lowest BCUT2D eigenvalue weighted by Crippen LogP contribution is -2.61. The summed E-state index contributed by atoms with van der Waals surface area (Å²) in [6, 6.07) is 1.08. The van der Waals surface area contributed by atoms with Gasteiger partial charge in [0.15, 0.2) is 0 Å². The number of aliphatic hydroxyl groups excluding tert-OH is 1. The van der Waals surface area contributed by atoms with Crippen LogP contribution < -0.4 is 5.32 Å². The van der Waals surface area contributed by atoms with Crippen molar-refractivity contribution >= 4 is 0 Å². The van der Waals surface area contributed by atoms with E-state index in [1.807, 2.05) is 0 Å². The minimum Gasteiger partial charge on any atom is -0.392 e. The van der Waals surface area contributed by atoms with Gasteiger partial charge in [-0.3, -0.25) is 0 Å². The second-order valence-electron chi connectivity index (χ2n) is 6.52. The fourth-order valence-electron chi connectivity index (χ4n) is 2.44. The van der Waals surface area contributed by atoms with E-state index in [1.165, 1.54) is 19.3 Å². The van der Waals surface area contributed by atoms with Crippen molar-refractivity contribution in [3.63, 3.8) is 0 Å². The number of nitrogens with one attached hydrogen (secondary N) is 1. The number of hydrogen-bond acceptors (Lipinski definition) is 2. The summed E-state index contributed by atoms with van der Waals surface area (Å²) in [4.78, 5) is 0. The molecule has 3 unspecified atom stereocenters. The van der Waals surface area contributed by atoms with E-state index in [0.29, 0.717) is 12.1 Å². The highest BCUT2D eigenvalue weighted by molar-refractivity contribution is 5.02. The molecule has 0 spiro atoms. The normalized spacial score (nSPS) is 30.2. The van der Waals surface area contributed by atoms with Gasteiger partial charge in [0.1, 0.15) is 0 Å². The van der Waals surface area contributed by atoms with Gasteiger partial charge in [0.2, 0.25) is 0 Å². The smallest absolute Gasteiger partial charge is 0.0621 e. The predicted molar refractivity (Wildman–Crippen MR) is 69.5 cm³/mol. The van der Waals surface area contributed by atoms with Gasteiger partial charge in [-0.1, -0.05) is 40.5 Å². The molecule has 1 aliphatic rings. The van der Waals surface area contributed by atoms with Crippen LogP contribution in [0.4, 0.5) is 0 Å². The van der Waals surface area contributed by atoms with Crippen LogP contribution in [-0.4, -0.2) is 23.3 Å². The van der Waals surface area contributed by atoms with Crippen LogP contribution in [0.3, 0.4) is 0 Å². The quantitative estimate of drug-likeness (QED) is 0.731. The number of rotatable bonds is 6. The fourth-order valence-corrected chi connectivity index (χ4v) is 2.44. The van der Waals surface area contributed by atoms with Crippen molar-refractivity contribution in [2.75, 3.05) is 0 Å². The fraction of sp³-hybridized carbons (Fsp3) is 1.00. The first-order chi connectivity index (χ1) is 7.34. The van der Waals surface area contributed by atoms with E-state index >= 15 is 0 Å². The van der Waals surface area contributed by atoms with E-state index in [-0.39, 0.29) is 11.5 Å². The zero-order valence-corrected chi connectivity index (χ0v) is 11.6. The SMILES string of the molecule is CC(C)CCCC(C)NC1CC(O)C1(C)C. The second kappa shape index (κ2) is 5.50. The van der Waals surface area contributed by atoms with Crippen molar-refractivity contribution < 1.29 is 5.11 Å². The number of aliphatic hydroxyl groups is 1. The highest BCUT2D eigenvalue weighted by Crippen LogP contribution is 2.40. The molecule has 2 heteroatoms. The van der Waals surface area contributed by atoms with Gasteiger partial charge in [-0.15, -0.1) is 0 Å². The van der Waals surface area contributed by atoms with Gasteiger partial charge >= 0.3 is 0 Å². The Balaban J connectivity index is 2.18. The van der Waals surface area contributed by atoms with E-state index in [2.05, 4.69) is 39.9 Å². The van der Waals surface area contributed by atoms with Gasteiger partial charge in [-0.05, 0) is 25.7 Å². The van der Waals surface area contributed by atoms with Crippen LogP contribution >= 0.6 is 0 Å². The molecule has 1 rings (SSSR count). The third-order valence-corrected chi connectivity index (χ3v) is 4.12. The Hall–Kier alpha value is -0.0800. The molecule has 0 heterocycles. The lowest BCUT2D eigenvalue weighted by atomic mass is 9.64. The summed E-state index contributed by atoms with van der Waals surface area (Å²) in [7, 11) is 0. The average molecular weight is 227 g/mol. The maximum atomic E-state index is 9.67. The molecule has 0 saturated heterocycles. The van der Waals surface area contributed by atoms with Crippen LogP contribution in [0.15, 0.2) is 0 Å². The molecule has 96 valence electrons. The van der Waals surface area contributed by atoms with Crippen LogP contribution in [-0.2, 0) is 0 Å². The van der Waals surface area contributed by atoms with Crippen molar-refractivity contribution in [2.24, 2.45) is 11.3 Å². The van der Waals surface area contributed by atoms with Gasteiger partial charge < -0.3 is 10.4 Å². The third kappa shape index (κ3) is 3.46. The first-order valence-electron chi connectivity index (χ1n) is 6.78. The molecule has 0 aromatic rings. The van der Waals surface area contributed by atoms with Gasteiger partial charge in [0, 0.05) is 17.5 Å². The van der Waals surface area contributed by atoms with Crippen molar-refractivity contribution in [1.82, 2.24) is 5.32 Å². The molecule has 0 radical (unpaired) electrons. The molecule has 0 aromatic heterocycles. The van der Waals surface area contributed by atoms with Gasteiger partial charge in [-0.2, -0.15) is 0 Å². The van der Waals surface area contributed by atoms with Crippen LogP contribution in [0, 0.1) is 11.3 Å². The Kier molecular flexibility index (Phi) is 4.81. The van der Waals surface area contributed by atoms with E-state index < -0.39 is 0 Å². The lowest BCUT2D eigenvalue weighted by Gasteiger charge is -2.50. The molecule has 1 aliphatic carbocycles. The molecule has 1 saturated carbocycles. The summed E-state index contributed by atoms with van der Waals surface area (Å²) in [6.07, 6.45) is 4.68. The van der Waals surface area contributed by atoms with Crippen molar-refractivity contribution in [3.8, 4) is 0 Å². The molecule has 0 aliphatic heterocycles. The highest BCUT2D eigenvalue weighted by Gasteiger charge is 2.47. The van der Waals surface area contributed by atoms with Crippen LogP contribution in [0.5, 0.6) is 0 Å². The first kappa shape index (κ1) is 14.0. The third-order valence-electron chi connectivity index (χ3n) is 4.12. The number of hydrogen-bond donors (Lipinski definition) is 2. The molecule has 2 N–H and O–H groups in total. The monoisotopic (exact) mass is 227 g/mol. The topological polar surface area (TPSA) is 32.3 Å². The van der Waals surface area contributed by atoms with Crippen LogP contribution in [0.1, 0.15) is 60.3 Å². The summed E-state index contributed by atoms with van der Waals surface area (Å²) in [6.45, 7) is 11.1. The zero-order chi connectivity index (χ0) is 12.3. The van der Waals surface area contributed by atoms with Crippen LogP contribution in [0.25, 0.3) is 0 Å². The van der Waals surface area contributed by atoms with Gasteiger partial charge in [0.05, 0.1) is 6.10 Å². The highest BCUT2D eigenvalue weighted by atomic mass is 16.3. The summed E-state index contributed by atoms with van der Waals surface area (Å²) < 4.78 is 0. The Bertz CT molecular complexity index is 213. The van der Waals surface area contributed by atoms with E-state index in [0.717, 1.165) is 12.3 Å². The van der Waals surface area contributed by atoms with Crippen molar-refractivity contribution in [2.45, 2.75) is 78.5 Å². The maximum Gasteiger partial charge on any atom is 0.0621 e. The van der Waals surface area contributed by atoms with E-state index in [1.54, 1.807) is 0 Å². The lowest BCUT2D eigenvalue weighted by molar-refractivity contribution is -0.0755. The maximum absolute atomic E-state index is 9.67. The van der Waals surface area contributed by atoms with E-state index in [4.69, 9.17) is 0 Å². The Morgan fingerprint density at radius 2 is 1.88 bits per heavy atom. The summed E-state index contributed by atoms with van der Waals surface area (Å²) in [5, 5.41) is 13.3. The Morgan fingerprint density at radius 3 is 2.31 bits per heavy atom. The van der Waals surface area contributed by atoms with Gasteiger partial charge in [0.25, 0.3) is 0 Å². The molecule has 2 nitrogen and oxygen atoms in total. The zero-order valence-electron chi connectivity index (χ0n) is 11.6. The van der Waals surface area contributed by atoms with Crippen LogP contribution in [0.2, 0.25) is 0 Å². The average Bonchev–Trinajstić information content (AvgIpc) is 2.16. The first-order valence-corrected chi connectivity index (χ1v) is 6.78. The van der Waals surface area contributed by atoms with Gasteiger partial charge in [-0.25, -0.2) is 0 Å². The minimum atomic E-state index is -0.118. The molecule has 1 fully saturated rings. The molecule has 3 atom stereocenters. The molecule has 0 bridgehead atoms. The Morgan fingerprint density at radius 1 is 1.25 bits per heavy atom. The molecule has 16 heavy (non-hydrogen) atoms. The van der Waals surface area contributed by atoms with Crippen molar-refractivity contribution in [3.05, 3.63) is 0 Å². The second-order valence-corrected chi connectivity index (χ2v) is 6.52. The molecular formula is C14H29NO. The summed E-state index contributed by atoms with van der Waals surface area (Å²) in [5.74, 6) is 0.814. The predicted octanol–water partition coefficient (Wildman–Crippen LogP) is 2.95. The standard InChI is InChI=1S/C14H29NO/c1-10(2)7-6-8-11(3)15-12-9-13(16)14(12,4)5/h10-13,15-16H,6-9H2,1-5H3. The van der Waals surface area contributed by atoms with Crippen molar-refractivity contribution in [1.29, 1.82) is 0 Å². The molecule has 0 aromatic carbocycles. The Labute approximate surface area is 101 Å². The van der Waals surface area contributed by atoms with E-state index in [9.17, 15) is 5.11 Å². The molecule has 0 amide bonds. The molecular weight excluding hydrogens is 198 g/mol. The largest absolute Gasteiger partial charge is 0.392 e. The summed E-state index contributed by atoms with van der Waals surface area (Å²) >= 11 is 0. The summed E-state index contributed by atoms with van der Waals surface area (Å²) in [5.41, 5.74) is 0.0618. The minimum absolute atomic E-state index is 0.0618.